The SMILES string of the molecule is CCOCCCNc1nccn1CCN1CCCC1. The van der Waals surface area contributed by atoms with Crippen molar-refractivity contribution in [3.8, 4) is 0 Å². The molecule has 5 heteroatoms. The maximum absolute atomic E-state index is 5.32. The molecule has 0 unspecified atom stereocenters. The van der Waals surface area contributed by atoms with Crippen LogP contribution in [0.3, 0.4) is 0 Å². The molecule has 2 rings (SSSR count). The van der Waals surface area contributed by atoms with Crippen molar-refractivity contribution in [1.29, 1.82) is 0 Å². The molecular weight excluding hydrogens is 240 g/mol. The number of hydrogen-bond donors (Lipinski definition) is 1. The van der Waals surface area contributed by atoms with Gasteiger partial charge in [0, 0.05) is 45.2 Å². The first kappa shape index (κ1) is 14.3. The maximum Gasteiger partial charge on any atom is 0.202 e. The fourth-order valence-electron chi connectivity index (χ4n) is 2.43. The molecule has 0 saturated carbocycles. The second-order valence-corrected chi connectivity index (χ2v) is 4.97. The third kappa shape index (κ3) is 4.84. The lowest BCUT2D eigenvalue weighted by Gasteiger charge is -2.16. The lowest BCUT2D eigenvalue weighted by molar-refractivity contribution is 0.147. The molecule has 1 N–H and O–H groups in total. The van der Waals surface area contributed by atoms with E-state index in [2.05, 4.69) is 26.0 Å². The molecule has 0 amide bonds. The van der Waals surface area contributed by atoms with Crippen molar-refractivity contribution in [3.05, 3.63) is 12.4 Å². The van der Waals surface area contributed by atoms with Crippen molar-refractivity contribution in [2.45, 2.75) is 32.7 Å². The first-order chi connectivity index (χ1) is 9.40. The number of ether oxygens (including phenoxy) is 1. The van der Waals surface area contributed by atoms with Crippen LogP contribution in [0.2, 0.25) is 0 Å². The number of rotatable bonds is 9. The number of nitrogens with one attached hydrogen (secondary N) is 1. The zero-order chi connectivity index (χ0) is 13.3. The molecule has 1 fully saturated rings. The van der Waals surface area contributed by atoms with E-state index in [1.54, 1.807) is 0 Å². The van der Waals surface area contributed by atoms with E-state index >= 15 is 0 Å². The molecule has 108 valence electrons. The van der Waals surface area contributed by atoms with Crippen LogP contribution in [0.15, 0.2) is 12.4 Å². The van der Waals surface area contributed by atoms with Crippen LogP contribution in [0, 0.1) is 0 Å². The second-order valence-electron chi connectivity index (χ2n) is 4.97. The van der Waals surface area contributed by atoms with Gasteiger partial charge in [-0.1, -0.05) is 0 Å². The van der Waals surface area contributed by atoms with Crippen molar-refractivity contribution in [1.82, 2.24) is 14.5 Å². The first-order valence-corrected chi connectivity index (χ1v) is 7.45. The molecule has 1 aliphatic heterocycles. The lowest BCUT2D eigenvalue weighted by atomic mass is 10.4. The summed E-state index contributed by atoms with van der Waals surface area (Å²) in [5, 5.41) is 3.38. The van der Waals surface area contributed by atoms with Gasteiger partial charge in [0.1, 0.15) is 0 Å². The first-order valence-electron chi connectivity index (χ1n) is 7.45. The Labute approximate surface area is 116 Å². The summed E-state index contributed by atoms with van der Waals surface area (Å²) in [5.41, 5.74) is 0. The van der Waals surface area contributed by atoms with Crippen LogP contribution in [0.5, 0.6) is 0 Å². The number of hydrogen-bond acceptors (Lipinski definition) is 4. The number of nitrogens with zero attached hydrogens (tertiary/aromatic N) is 3. The van der Waals surface area contributed by atoms with Crippen molar-refractivity contribution in [2.75, 3.05) is 44.7 Å². The van der Waals surface area contributed by atoms with Gasteiger partial charge in [0.2, 0.25) is 5.95 Å². The Morgan fingerprint density at radius 3 is 2.95 bits per heavy atom. The Bertz CT molecular complexity index is 347. The summed E-state index contributed by atoms with van der Waals surface area (Å²) < 4.78 is 7.53. The van der Waals surface area contributed by atoms with Gasteiger partial charge in [-0.05, 0) is 39.3 Å². The Morgan fingerprint density at radius 1 is 1.32 bits per heavy atom. The van der Waals surface area contributed by atoms with Gasteiger partial charge in [-0.25, -0.2) is 4.98 Å². The average Bonchev–Trinajstić information content (AvgIpc) is 3.07. The number of imidazole rings is 1. The fourth-order valence-corrected chi connectivity index (χ4v) is 2.43. The van der Waals surface area contributed by atoms with Crippen molar-refractivity contribution in [2.24, 2.45) is 0 Å². The van der Waals surface area contributed by atoms with E-state index in [1.807, 2.05) is 13.1 Å². The molecule has 0 spiro atoms. The van der Waals surface area contributed by atoms with Gasteiger partial charge >= 0.3 is 0 Å². The summed E-state index contributed by atoms with van der Waals surface area (Å²) in [6, 6.07) is 0. The smallest absolute Gasteiger partial charge is 0.202 e. The molecule has 1 saturated heterocycles. The quantitative estimate of drug-likeness (QED) is 0.692. The highest BCUT2D eigenvalue weighted by atomic mass is 16.5. The largest absolute Gasteiger partial charge is 0.382 e. The monoisotopic (exact) mass is 266 g/mol. The van der Waals surface area contributed by atoms with E-state index < -0.39 is 0 Å². The van der Waals surface area contributed by atoms with Crippen LogP contribution in [-0.4, -0.2) is 53.8 Å². The Morgan fingerprint density at radius 2 is 2.16 bits per heavy atom. The number of aromatic nitrogens is 2. The van der Waals surface area contributed by atoms with Crippen LogP contribution in [0.4, 0.5) is 5.95 Å². The lowest BCUT2D eigenvalue weighted by Crippen LogP contribution is -2.24. The Balaban J connectivity index is 1.67. The zero-order valence-electron chi connectivity index (χ0n) is 12.0. The van der Waals surface area contributed by atoms with E-state index in [0.717, 1.165) is 45.2 Å². The van der Waals surface area contributed by atoms with Gasteiger partial charge in [0.05, 0.1) is 0 Å². The predicted octanol–water partition coefficient (Wildman–Crippen LogP) is 1.82. The van der Waals surface area contributed by atoms with Gasteiger partial charge in [0.25, 0.3) is 0 Å². The molecule has 1 aromatic rings. The number of anilines is 1. The van der Waals surface area contributed by atoms with Gasteiger partial charge in [-0.3, -0.25) is 0 Å². The highest BCUT2D eigenvalue weighted by molar-refractivity contribution is 5.25. The molecule has 5 nitrogen and oxygen atoms in total. The van der Waals surface area contributed by atoms with Gasteiger partial charge in [0.15, 0.2) is 0 Å². The van der Waals surface area contributed by atoms with Crippen LogP contribution < -0.4 is 5.32 Å². The number of likely N-dealkylation sites (tertiary alicyclic amines) is 1. The van der Waals surface area contributed by atoms with Crippen molar-refractivity contribution < 1.29 is 4.74 Å². The van der Waals surface area contributed by atoms with Crippen LogP contribution >= 0.6 is 0 Å². The minimum Gasteiger partial charge on any atom is -0.382 e. The standard InChI is InChI=1S/C14H26N4O/c1-2-19-13-5-6-15-14-16-7-10-18(14)12-11-17-8-3-4-9-17/h7,10H,2-6,8-9,11-13H2,1H3,(H,15,16). The highest BCUT2D eigenvalue weighted by Crippen LogP contribution is 2.09. The summed E-state index contributed by atoms with van der Waals surface area (Å²) in [5.74, 6) is 0.982. The molecule has 0 bridgehead atoms. The molecule has 0 atom stereocenters. The molecule has 1 aromatic heterocycles. The Hall–Kier alpha value is -1.07. The van der Waals surface area contributed by atoms with E-state index in [1.165, 1.54) is 25.9 Å². The van der Waals surface area contributed by atoms with Gasteiger partial charge < -0.3 is 19.5 Å². The molecule has 0 aromatic carbocycles. The molecule has 0 radical (unpaired) electrons. The molecule has 19 heavy (non-hydrogen) atoms. The summed E-state index contributed by atoms with van der Waals surface area (Å²) in [6.07, 6.45) is 7.65. The fraction of sp³-hybridized carbons (Fsp3) is 0.786. The third-order valence-corrected chi connectivity index (χ3v) is 3.52. The third-order valence-electron chi connectivity index (χ3n) is 3.52. The van der Waals surface area contributed by atoms with Crippen LogP contribution in [0.25, 0.3) is 0 Å². The summed E-state index contributed by atoms with van der Waals surface area (Å²) >= 11 is 0. The zero-order valence-corrected chi connectivity index (χ0v) is 12.0. The van der Waals surface area contributed by atoms with E-state index in [0.29, 0.717) is 0 Å². The van der Waals surface area contributed by atoms with Gasteiger partial charge in [-0.2, -0.15) is 0 Å². The molecule has 1 aliphatic rings. The molecular formula is C14H26N4O. The average molecular weight is 266 g/mol. The second kappa shape index (κ2) is 8.17. The van der Waals surface area contributed by atoms with E-state index in [9.17, 15) is 0 Å². The van der Waals surface area contributed by atoms with Crippen molar-refractivity contribution in [3.63, 3.8) is 0 Å². The summed E-state index contributed by atoms with van der Waals surface area (Å²) in [6.45, 7) is 9.22. The van der Waals surface area contributed by atoms with Crippen molar-refractivity contribution >= 4 is 5.95 Å². The molecule has 2 heterocycles. The summed E-state index contributed by atoms with van der Waals surface area (Å²) in [4.78, 5) is 6.90. The van der Waals surface area contributed by atoms with Crippen LogP contribution in [-0.2, 0) is 11.3 Å². The normalized spacial score (nSPS) is 16.1. The minimum atomic E-state index is 0.796. The van der Waals surface area contributed by atoms with Crippen LogP contribution in [0.1, 0.15) is 26.2 Å². The topological polar surface area (TPSA) is 42.3 Å². The Kier molecular flexibility index (Phi) is 6.17. The maximum atomic E-state index is 5.32. The predicted molar refractivity (Wildman–Crippen MR) is 77.5 cm³/mol. The van der Waals surface area contributed by atoms with E-state index in [-0.39, 0.29) is 0 Å². The summed E-state index contributed by atoms with van der Waals surface area (Å²) in [7, 11) is 0. The minimum absolute atomic E-state index is 0.796. The highest BCUT2D eigenvalue weighted by Gasteiger charge is 2.11. The van der Waals surface area contributed by atoms with Gasteiger partial charge in [-0.15, -0.1) is 0 Å². The van der Waals surface area contributed by atoms with E-state index in [4.69, 9.17) is 4.74 Å². The molecule has 0 aliphatic carbocycles.